The van der Waals surface area contributed by atoms with Crippen molar-refractivity contribution in [2.45, 2.75) is 45.2 Å². The van der Waals surface area contributed by atoms with Crippen molar-refractivity contribution in [1.82, 2.24) is 10.2 Å². The van der Waals surface area contributed by atoms with Gasteiger partial charge in [-0.05, 0) is 81.3 Å². The first kappa shape index (κ1) is 30.0. The molecule has 39 heavy (non-hydrogen) atoms. The molecule has 0 fully saturated rings. The maximum absolute atomic E-state index is 13.9. The second kappa shape index (κ2) is 13.0. The van der Waals surface area contributed by atoms with Crippen molar-refractivity contribution in [1.29, 1.82) is 0 Å². The summed E-state index contributed by atoms with van der Waals surface area (Å²) in [4.78, 5) is 28.2. The van der Waals surface area contributed by atoms with Crippen molar-refractivity contribution in [2.24, 2.45) is 0 Å². The summed E-state index contributed by atoms with van der Waals surface area (Å²) < 4.78 is 34.2. The number of anilines is 1. The third kappa shape index (κ3) is 7.30. The molecule has 0 radical (unpaired) electrons. The Bertz CT molecular complexity index is 1430. The third-order valence-corrected chi connectivity index (χ3v) is 8.33. The van der Waals surface area contributed by atoms with Crippen LogP contribution >= 0.6 is 11.6 Å². The number of halogens is 1. The number of hydrogen-bond donors (Lipinski definition) is 1. The SMILES string of the molecule is CCNC(=O)[C@H](C)N(Cc1cccc(OC)c1)C(=O)CN(c1ccc(Cl)cc1C)S(=O)(=O)c1ccc(C)cc1. The molecular formula is C29H34ClN3O5S. The number of aryl methyl sites for hydroxylation is 2. The summed E-state index contributed by atoms with van der Waals surface area (Å²) in [6.45, 7) is 6.95. The quantitative estimate of drug-likeness (QED) is 0.359. The van der Waals surface area contributed by atoms with Gasteiger partial charge in [0.2, 0.25) is 11.8 Å². The number of carbonyl (C=O) groups is 2. The molecule has 0 bridgehead atoms. The van der Waals surface area contributed by atoms with Crippen LogP contribution in [0.3, 0.4) is 0 Å². The monoisotopic (exact) mass is 571 g/mol. The summed E-state index contributed by atoms with van der Waals surface area (Å²) in [5.74, 6) is -0.281. The standard InChI is InChI=1S/C29H34ClN3O5S/c1-6-31-29(35)22(4)32(18-23-8-7-9-25(17-23)38-5)28(34)19-33(27-15-12-24(30)16-21(27)3)39(36,37)26-13-10-20(2)11-14-26/h7-17,22H,6,18-19H2,1-5H3,(H,31,35)/t22-/m0/s1. The Morgan fingerprint density at radius 2 is 1.72 bits per heavy atom. The molecule has 1 N–H and O–H groups in total. The van der Waals surface area contributed by atoms with E-state index >= 15 is 0 Å². The molecule has 0 heterocycles. The first-order chi connectivity index (χ1) is 18.5. The van der Waals surface area contributed by atoms with E-state index in [2.05, 4.69) is 5.32 Å². The first-order valence-electron chi connectivity index (χ1n) is 12.5. The smallest absolute Gasteiger partial charge is 0.264 e. The molecule has 10 heteroatoms. The number of nitrogens with one attached hydrogen (secondary N) is 1. The van der Waals surface area contributed by atoms with Crippen LogP contribution in [0.4, 0.5) is 5.69 Å². The van der Waals surface area contributed by atoms with E-state index in [1.54, 1.807) is 76.4 Å². The molecule has 0 aliphatic heterocycles. The molecule has 208 valence electrons. The fourth-order valence-electron chi connectivity index (χ4n) is 4.12. The topological polar surface area (TPSA) is 96.0 Å². The number of amides is 2. The van der Waals surface area contributed by atoms with Crippen molar-refractivity contribution in [3.8, 4) is 5.75 Å². The number of likely N-dealkylation sites (N-methyl/N-ethyl adjacent to an activating group) is 1. The number of rotatable bonds is 11. The van der Waals surface area contributed by atoms with Crippen LogP contribution in [0.1, 0.15) is 30.5 Å². The van der Waals surface area contributed by atoms with Gasteiger partial charge in [0.1, 0.15) is 18.3 Å². The van der Waals surface area contributed by atoms with E-state index < -0.39 is 28.5 Å². The predicted octanol–water partition coefficient (Wildman–Crippen LogP) is 4.71. The summed E-state index contributed by atoms with van der Waals surface area (Å²) in [5.41, 5.74) is 2.54. The highest BCUT2D eigenvalue weighted by atomic mass is 35.5. The molecule has 3 rings (SSSR count). The lowest BCUT2D eigenvalue weighted by molar-refractivity contribution is -0.139. The van der Waals surface area contributed by atoms with Crippen LogP contribution in [-0.2, 0) is 26.2 Å². The average molecular weight is 572 g/mol. The minimum atomic E-state index is -4.15. The van der Waals surface area contributed by atoms with Crippen LogP contribution in [0.5, 0.6) is 5.75 Å². The summed E-state index contributed by atoms with van der Waals surface area (Å²) in [5, 5.41) is 3.19. The maximum atomic E-state index is 13.9. The van der Waals surface area contributed by atoms with Gasteiger partial charge < -0.3 is 15.0 Å². The molecule has 0 aliphatic rings. The molecule has 0 spiro atoms. The Balaban J connectivity index is 2.07. The van der Waals surface area contributed by atoms with E-state index in [0.717, 1.165) is 15.4 Å². The average Bonchev–Trinajstić information content (AvgIpc) is 2.90. The maximum Gasteiger partial charge on any atom is 0.264 e. The largest absolute Gasteiger partial charge is 0.497 e. The first-order valence-corrected chi connectivity index (χ1v) is 14.4. The Morgan fingerprint density at radius 1 is 1.03 bits per heavy atom. The van der Waals surface area contributed by atoms with E-state index in [0.29, 0.717) is 28.6 Å². The zero-order valence-electron chi connectivity index (χ0n) is 22.8. The van der Waals surface area contributed by atoms with Crippen LogP contribution in [0.2, 0.25) is 5.02 Å². The van der Waals surface area contributed by atoms with Crippen molar-refractivity contribution in [3.63, 3.8) is 0 Å². The summed E-state index contributed by atoms with van der Waals surface area (Å²) in [6.07, 6.45) is 0. The molecule has 3 aromatic carbocycles. The Labute approximate surface area is 235 Å². The second-order valence-electron chi connectivity index (χ2n) is 9.20. The Kier molecular flexibility index (Phi) is 9.99. The zero-order chi connectivity index (χ0) is 28.7. The molecule has 1 atom stereocenters. The number of carbonyl (C=O) groups excluding carboxylic acids is 2. The van der Waals surface area contributed by atoms with Crippen LogP contribution in [0, 0.1) is 13.8 Å². The molecule has 2 amide bonds. The molecule has 0 aromatic heterocycles. The molecule has 0 saturated carbocycles. The summed E-state index contributed by atoms with van der Waals surface area (Å²) in [7, 11) is -2.61. The number of sulfonamides is 1. The van der Waals surface area contributed by atoms with Gasteiger partial charge in [-0.1, -0.05) is 41.4 Å². The highest BCUT2D eigenvalue weighted by Crippen LogP contribution is 2.29. The minimum Gasteiger partial charge on any atom is -0.497 e. The highest BCUT2D eigenvalue weighted by molar-refractivity contribution is 7.92. The van der Waals surface area contributed by atoms with Gasteiger partial charge >= 0.3 is 0 Å². The number of hydrogen-bond acceptors (Lipinski definition) is 5. The van der Waals surface area contributed by atoms with Crippen LogP contribution in [-0.4, -0.2) is 51.4 Å². The molecule has 0 unspecified atom stereocenters. The highest BCUT2D eigenvalue weighted by Gasteiger charge is 2.33. The van der Waals surface area contributed by atoms with Crippen LogP contribution < -0.4 is 14.4 Å². The van der Waals surface area contributed by atoms with Crippen LogP contribution in [0.25, 0.3) is 0 Å². The van der Waals surface area contributed by atoms with Crippen LogP contribution in [0.15, 0.2) is 71.6 Å². The van der Waals surface area contributed by atoms with Gasteiger partial charge in [-0.3, -0.25) is 13.9 Å². The number of benzene rings is 3. The molecule has 8 nitrogen and oxygen atoms in total. The Hall–Kier alpha value is -3.56. The lowest BCUT2D eigenvalue weighted by Crippen LogP contribution is -2.51. The van der Waals surface area contributed by atoms with Gasteiger partial charge in [-0.2, -0.15) is 0 Å². The van der Waals surface area contributed by atoms with E-state index in [-0.39, 0.29) is 17.3 Å². The predicted molar refractivity (Wildman–Crippen MR) is 154 cm³/mol. The van der Waals surface area contributed by atoms with Gasteiger partial charge in [-0.25, -0.2) is 8.42 Å². The van der Waals surface area contributed by atoms with E-state index in [1.165, 1.54) is 17.0 Å². The number of methoxy groups -OCH3 is 1. The normalized spacial score (nSPS) is 11.9. The molecule has 3 aromatic rings. The van der Waals surface area contributed by atoms with E-state index in [1.807, 2.05) is 13.0 Å². The molecule has 0 saturated heterocycles. The minimum absolute atomic E-state index is 0.0476. The third-order valence-electron chi connectivity index (χ3n) is 6.32. The van der Waals surface area contributed by atoms with Crippen molar-refractivity contribution in [2.75, 3.05) is 24.5 Å². The van der Waals surface area contributed by atoms with E-state index in [4.69, 9.17) is 16.3 Å². The van der Waals surface area contributed by atoms with Crippen molar-refractivity contribution in [3.05, 3.63) is 88.4 Å². The fourth-order valence-corrected chi connectivity index (χ4v) is 5.83. The van der Waals surface area contributed by atoms with Gasteiger partial charge in [0.05, 0.1) is 17.7 Å². The van der Waals surface area contributed by atoms with Gasteiger partial charge in [0.25, 0.3) is 10.0 Å². The number of ether oxygens (including phenoxy) is 1. The summed E-state index contributed by atoms with van der Waals surface area (Å²) in [6, 6.07) is 17.5. The molecule has 0 aliphatic carbocycles. The van der Waals surface area contributed by atoms with Gasteiger partial charge in [-0.15, -0.1) is 0 Å². The lowest BCUT2D eigenvalue weighted by atomic mass is 10.1. The number of nitrogens with zero attached hydrogens (tertiary/aromatic N) is 2. The second-order valence-corrected chi connectivity index (χ2v) is 11.5. The molecular weight excluding hydrogens is 538 g/mol. The summed E-state index contributed by atoms with van der Waals surface area (Å²) >= 11 is 6.15. The zero-order valence-corrected chi connectivity index (χ0v) is 24.3. The van der Waals surface area contributed by atoms with Gasteiger partial charge in [0.15, 0.2) is 0 Å². The van der Waals surface area contributed by atoms with Crippen molar-refractivity contribution < 1.29 is 22.7 Å². The van der Waals surface area contributed by atoms with E-state index in [9.17, 15) is 18.0 Å². The fraction of sp³-hybridized carbons (Fsp3) is 0.310. The lowest BCUT2D eigenvalue weighted by Gasteiger charge is -2.32. The van der Waals surface area contributed by atoms with Crippen molar-refractivity contribution >= 4 is 39.1 Å². The Morgan fingerprint density at radius 3 is 2.33 bits per heavy atom. The van der Waals surface area contributed by atoms with Gasteiger partial charge in [0, 0.05) is 18.1 Å².